The first-order chi connectivity index (χ1) is 12.8. The number of rotatable bonds is 5. The number of fused-ring (bicyclic) bond motifs is 1. The average Bonchev–Trinajstić information content (AvgIpc) is 2.99. The first kappa shape index (κ1) is 18.7. The second-order valence-electron chi connectivity index (χ2n) is 5.85. The Hall–Kier alpha value is -3.07. The molecule has 1 amide bonds. The van der Waals surface area contributed by atoms with Gasteiger partial charge in [-0.25, -0.2) is 4.79 Å². The minimum atomic E-state index is -0.550. The number of ether oxygens (including phenoxy) is 1. The summed E-state index contributed by atoms with van der Waals surface area (Å²) in [4.78, 5) is 41.4. The lowest BCUT2D eigenvalue weighted by Gasteiger charge is -2.10. The third-order valence-electron chi connectivity index (χ3n) is 4.02. The van der Waals surface area contributed by atoms with Crippen LogP contribution in [0, 0.1) is 0 Å². The molecule has 0 bridgehead atoms. The van der Waals surface area contributed by atoms with E-state index in [1.807, 2.05) is 0 Å². The molecule has 0 atom stereocenters. The summed E-state index contributed by atoms with van der Waals surface area (Å²) >= 11 is 5.84. The summed E-state index contributed by atoms with van der Waals surface area (Å²) in [5, 5.41) is 3.27. The Morgan fingerprint density at radius 1 is 1.19 bits per heavy atom. The molecule has 142 valence electrons. The Morgan fingerprint density at radius 2 is 1.85 bits per heavy atom. The van der Waals surface area contributed by atoms with Gasteiger partial charge in [0, 0.05) is 24.8 Å². The van der Waals surface area contributed by atoms with Crippen molar-refractivity contribution < 1.29 is 9.53 Å². The fourth-order valence-electron chi connectivity index (χ4n) is 2.69. The molecule has 0 fully saturated rings. The van der Waals surface area contributed by atoms with E-state index in [9.17, 15) is 14.4 Å². The number of hydrogen-bond donors (Lipinski definition) is 1. The number of aromatic nitrogens is 4. The lowest BCUT2D eigenvalue weighted by Crippen LogP contribution is -2.37. The second kappa shape index (κ2) is 7.28. The number of aryl methyl sites for hydroxylation is 1. The smallest absolute Gasteiger partial charge is 0.332 e. The molecule has 0 aliphatic heterocycles. The summed E-state index contributed by atoms with van der Waals surface area (Å²) < 4.78 is 9.04. The molecule has 27 heavy (non-hydrogen) atoms. The number of carbonyl (C=O) groups is 1. The van der Waals surface area contributed by atoms with E-state index in [1.165, 1.54) is 23.2 Å². The number of nitrogens with one attached hydrogen (secondary N) is 1. The first-order valence-corrected chi connectivity index (χ1v) is 8.55. The van der Waals surface area contributed by atoms with Crippen LogP contribution in [0.25, 0.3) is 11.2 Å². The van der Waals surface area contributed by atoms with E-state index in [1.54, 1.807) is 31.2 Å². The normalized spacial score (nSPS) is 11.0. The summed E-state index contributed by atoms with van der Waals surface area (Å²) in [6.45, 7) is 1.84. The topological polar surface area (TPSA) is 100 Å². The third-order valence-corrected chi connectivity index (χ3v) is 4.27. The van der Waals surface area contributed by atoms with Crippen LogP contribution >= 0.6 is 11.6 Å². The summed E-state index contributed by atoms with van der Waals surface area (Å²) in [7, 11) is 2.88. The fraction of sp³-hybridized carbons (Fsp3) is 0.294. The van der Waals surface area contributed by atoms with Crippen LogP contribution in [0.15, 0.2) is 33.9 Å². The van der Waals surface area contributed by atoms with E-state index in [2.05, 4.69) is 10.3 Å². The Kier molecular flexibility index (Phi) is 5.04. The molecule has 0 saturated carbocycles. The lowest BCUT2D eigenvalue weighted by atomic mass is 10.3. The van der Waals surface area contributed by atoms with Crippen LogP contribution in [0.5, 0.6) is 6.01 Å². The van der Waals surface area contributed by atoms with Gasteiger partial charge in [0.15, 0.2) is 11.2 Å². The zero-order chi connectivity index (χ0) is 19.7. The van der Waals surface area contributed by atoms with Gasteiger partial charge in [-0.1, -0.05) is 11.6 Å². The highest BCUT2D eigenvalue weighted by molar-refractivity contribution is 6.30. The fourth-order valence-corrected chi connectivity index (χ4v) is 2.82. The van der Waals surface area contributed by atoms with Crippen molar-refractivity contribution in [2.75, 3.05) is 11.9 Å². The van der Waals surface area contributed by atoms with Crippen molar-refractivity contribution in [3.8, 4) is 6.01 Å². The molecular weight excluding hydrogens is 374 g/mol. The molecule has 0 saturated heterocycles. The van der Waals surface area contributed by atoms with E-state index in [0.717, 1.165) is 4.57 Å². The number of anilines is 1. The van der Waals surface area contributed by atoms with Crippen LogP contribution in [0.3, 0.4) is 0 Å². The molecular formula is C17H18ClN5O4. The highest BCUT2D eigenvalue weighted by Gasteiger charge is 2.21. The van der Waals surface area contributed by atoms with Crippen molar-refractivity contribution in [3.63, 3.8) is 0 Å². The maximum absolute atomic E-state index is 12.6. The predicted molar refractivity (Wildman–Crippen MR) is 101 cm³/mol. The van der Waals surface area contributed by atoms with Gasteiger partial charge in [-0.05, 0) is 31.2 Å². The maximum atomic E-state index is 12.6. The van der Waals surface area contributed by atoms with Crippen LogP contribution in [-0.2, 0) is 25.4 Å². The highest BCUT2D eigenvalue weighted by Crippen LogP contribution is 2.18. The molecule has 9 nitrogen and oxygen atoms in total. The molecule has 0 unspecified atom stereocenters. The van der Waals surface area contributed by atoms with Crippen molar-refractivity contribution in [3.05, 3.63) is 50.1 Å². The Balaban J connectivity index is 2.05. The van der Waals surface area contributed by atoms with Crippen LogP contribution in [0.1, 0.15) is 6.92 Å². The van der Waals surface area contributed by atoms with Crippen LogP contribution < -0.4 is 21.3 Å². The lowest BCUT2D eigenvalue weighted by molar-refractivity contribution is -0.116. The number of nitrogens with zero attached hydrogens (tertiary/aromatic N) is 4. The molecule has 1 N–H and O–H groups in total. The van der Waals surface area contributed by atoms with E-state index >= 15 is 0 Å². The number of amides is 1. The van der Waals surface area contributed by atoms with Crippen molar-refractivity contribution in [1.82, 2.24) is 18.7 Å². The molecule has 2 heterocycles. The standard InChI is InChI=1S/C17H18ClN5O4/c1-4-27-16-20-14-13(15(25)22(3)17(26)21(14)2)23(16)9-12(24)19-11-7-5-10(18)6-8-11/h5-8H,4,9H2,1-3H3,(H,19,24). The molecule has 0 aliphatic carbocycles. The van der Waals surface area contributed by atoms with E-state index in [4.69, 9.17) is 16.3 Å². The van der Waals surface area contributed by atoms with Crippen molar-refractivity contribution in [2.45, 2.75) is 13.5 Å². The average molecular weight is 392 g/mol. The molecule has 10 heteroatoms. The number of benzene rings is 1. The van der Waals surface area contributed by atoms with E-state index in [-0.39, 0.29) is 36.2 Å². The minimum Gasteiger partial charge on any atom is -0.465 e. The van der Waals surface area contributed by atoms with Gasteiger partial charge in [0.2, 0.25) is 5.91 Å². The zero-order valence-corrected chi connectivity index (χ0v) is 15.8. The summed E-state index contributed by atoms with van der Waals surface area (Å²) in [6.07, 6.45) is 0. The van der Waals surface area contributed by atoms with Gasteiger partial charge in [0.05, 0.1) is 6.61 Å². The van der Waals surface area contributed by atoms with Gasteiger partial charge >= 0.3 is 5.69 Å². The highest BCUT2D eigenvalue weighted by atomic mass is 35.5. The number of imidazole rings is 1. The molecule has 3 rings (SSSR count). The molecule has 0 spiro atoms. The maximum Gasteiger partial charge on any atom is 0.332 e. The number of halogens is 1. The molecule has 0 radical (unpaired) electrons. The van der Waals surface area contributed by atoms with Gasteiger partial charge in [-0.2, -0.15) is 4.98 Å². The Bertz CT molecular complexity index is 1130. The van der Waals surface area contributed by atoms with Gasteiger partial charge in [0.1, 0.15) is 6.54 Å². The van der Waals surface area contributed by atoms with Crippen molar-refractivity contribution >= 4 is 34.4 Å². The van der Waals surface area contributed by atoms with Gasteiger partial charge in [-0.15, -0.1) is 0 Å². The molecule has 0 aliphatic rings. The van der Waals surface area contributed by atoms with Crippen LogP contribution in [0.4, 0.5) is 5.69 Å². The number of carbonyl (C=O) groups excluding carboxylic acids is 1. The van der Waals surface area contributed by atoms with Crippen LogP contribution in [0.2, 0.25) is 5.02 Å². The third kappa shape index (κ3) is 3.45. The monoisotopic (exact) mass is 391 g/mol. The van der Waals surface area contributed by atoms with Crippen molar-refractivity contribution in [1.29, 1.82) is 0 Å². The zero-order valence-electron chi connectivity index (χ0n) is 15.0. The van der Waals surface area contributed by atoms with Gasteiger partial charge < -0.3 is 10.1 Å². The SMILES string of the molecule is CCOc1nc2c(c(=O)n(C)c(=O)n2C)n1CC(=O)Nc1ccc(Cl)cc1. The second-order valence-corrected chi connectivity index (χ2v) is 6.28. The molecule has 2 aromatic heterocycles. The largest absolute Gasteiger partial charge is 0.465 e. The Morgan fingerprint density at radius 3 is 2.48 bits per heavy atom. The van der Waals surface area contributed by atoms with Crippen LogP contribution in [-0.4, -0.2) is 31.2 Å². The number of hydrogen-bond acceptors (Lipinski definition) is 5. The quantitative estimate of drug-likeness (QED) is 0.702. The minimum absolute atomic E-state index is 0.0945. The van der Waals surface area contributed by atoms with Gasteiger partial charge in [0.25, 0.3) is 11.6 Å². The van der Waals surface area contributed by atoms with E-state index in [0.29, 0.717) is 10.7 Å². The summed E-state index contributed by atoms with van der Waals surface area (Å²) in [5.74, 6) is -0.381. The van der Waals surface area contributed by atoms with Gasteiger partial charge in [-0.3, -0.25) is 23.3 Å². The molecule has 3 aromatic rings. The Labute approximate surface area is 158 Å². The molecule has 1 aromatic carbocycles. The first-order valence-electron chi connectivity index (χ1n) is 8.18. The van der Waals surface area contributed by atoms with E-state index < -0.39 is 11.2 Å². The summed E-state index contributed by atoms with van der Waals surface area (Å²) in [6, 6.07) is 6.73. The predicted octanol–water partition coefficient (Wildman–Crippen LogP) is 1.12. The van der Waals surface area contributed by atoms with Crippen molar-refractivity contribution in [2.24, 2.45) is 14.1 Å². The summed E-state index contributed by atoms with van der Waals surface area (Å²) in [5.41, 5.74) is -0.219.